The summed E-state index contributed by atoms with van der Waals surface area (Å²) in [5, 5.41) is 0. The molecule has 2 fully saturated rings. The first-order chi connectivity index (χ1) is 32.1. The molecule has 338 valence electrons. The molecule has 0 radical (unpaired) electrons. The molecule has 0 unspecified atom stereocenters. The van der Waals surface area contributed by atoms with Gasteiger partial charge in [-0.15, -0.1) is 0 Å². The van der Waals surface area contributed by atoms with E-state index in [1.165, 1.54) is 0 Å². The molecular weight excluding hydrogens is 821 g/mol. The molecule has 0 bridgehead atoms. The molecule has 0 spiro atoms. The van der Waals surface area contributed by atoms with E-state index in [1.807, 2.05) is 182 Å². The summed E-state index contributed by atoms with van der Waals surface area (Å²) < 4.78 is 66.8. The van der Waals surface area contributed by atoms with Gasteiger partial charge in [-0.05, 0) is 33.4 Å². The van der Waals surface area contributed by atoms with Crippen molar-refractivity contribution >= 4 is 0 Å². The predicted molar refractivity (Wildman–Crippen MR) is 246 cm³/mol. The summed E-state index contributed by atoms with van der Waals surface area (Å²) in [6, 6.07) is 60.0. The van der Waals surface area contributed by atoms with Gasteiger partial charge in [0.2, 0.25) is 6.29 Å². The third kappa shape index (κ3) is 13.1. The highest BCUT2D eigenvalue weighted by atomic mass is 16.7. The minimum absolute atomic E-state index is 0.00000662. The summed E-state index contributed by atoms with van der Waals surface area (Å²) in [6.45, 7) is 6.13. The molecular formula is C55H58O10. The Labute approximate surface area is 382 Å². The topological polar surface area (TPSA) is 92.3 Å². The van der Waals surface area contributed by atoms with Crippen molar-refractivity contribution in [3.63, 3.8) is 0 Å². The highest BCUT2D eigenvalue weighted by Crippen LogP contribution is 2.35. The Morgan fingerprint density at radius 2 is 0.692 bits per heavy atom. The summed E-state index contributed by atoms with van der Waals surface area (Å²) in [6.07, 6.45) is -6.71. The second-order valence-electron chi connectivity index (χ2n) is 16.1. The summed E-state index contributed by atoms with van der Waals surface area (Å²) >= 11 is 0. The maximum atomic E-state index is 6.85. The fourth-order valence-electron chi connectivity index (χ4n) is 8.02. The maximum Gasteiger partial charge on any atom is 0.228 e. The zero-order valence-corrected chi connectivity index (χ0v) is 36.8. The number of rotatable bonds is 22. The normalized spacial score (nSPS) is 24.3. The van der Waals surface area contributed by atoms with E-state index >= 15 is 0 Å². The van der Waals surface area contributed by atoms with Gasteiger partial charge >= 0.3 is 0 Å². The number of hydrogen-bond acceptors (Lipinski definition) is 10. The zero-order chi connectivity index (χ0) is 44.5. The van der Waals surface area contributed by atoms with Gasteiger partial charge in [-0.25, -0.2) is 0 Å². The van der Waals surface area contributed by atoms with Gasteiger partial charge in [0.25, 0.3) is 0 Å². The first-order valence-corrected chi connectivity index (χ1v) is 22.2. The van der Waals surface area contributed by atoms with Crippen LogP contribution in [-0.4, -0.2) is 69.0 Å². The third-order valence-electron chi connectivity index (χ3n) is 11.4. The van der Waals surface area contributed by atoms with Crippen LogP contribution in [0.5, 0.6) is 0 Å². The Hall–Kier alpha value is -5.50. The molecule has 0 saturated carbocycles. The molecule has 65 heavy (non-hydrogen) atoms. The van der Waals surface area contributed by atoms with Crippen molar-refractivity contribution < 1.29 is 47.4 Å². The van der Waals surface area contributed by atoms with Crippen LogP contribution in [0.25, 0.3) is 0 Å². The van der Waals surface area contributed by atoms with E-state index in [2.05, 4.69) is 6.58 Å². The molecule has 2 saturated heterocycles. The SMILES string of the molecule is C=C1O[C@H](OC[C@H]2O[C@@H](OC)[C@H](OCc3ccccc3)[C@@H](OCc3ccccc3)[C@@H]2OCc2ccccc2)[C@H](OCc2ccccc2)[C@@H](OCc2ccccc2)[C@@H]1OCc1ccccc1. The van der Waals surface area contributed by atoms with Gasteiger partial charge in [0.15, 0.2) is 6.29 Å². The lowest BCUT2D eigenvalue weighted by molar-refractivity contribution is -0.335. The maximum absolute atomic E-state index is 6.85. The van der Waals surface area contributed by atoms with Crippen molar-refractivity contribution in [1.82, 2.24) is 0 Å². The third-order valence-corrected chi connectivity index (χ3v) is 11.4. The van der Waals surface area contributed by atoms with Crippen molar-refractivity contribution in [3.05, 3.63) is 228 Å². The lowest BCUT2D eigenvalue weighted by atomic mass is 9.97. The lowest BCUT2D eigenvalue weighted by Gasteiger charge is -2.46. The molecule has 8 rings (SSSR count). The molecule has 6 aromatic carbocycles. The minimum Gasteiger partial charge on any atom is -0.464 e. The van der Waals surface area contributed by atoms with Crippen LogP contribution in [0.4, 0.5) is 0 Å². The number of ether oxygens (including phenoxy) is 10. The average molecular weight is 879 g/mol. The monoisotopic (exact) mass is 878 g/mol. The van der Waals surface area contributed by atoms with Crippen LogP contribution < -0.4 is 0 Å². The quantitative estimate of drug-likeness (QED) is 0.0657. The summed E-state index contributed by atoms with van der Waals surface area (Å²) in [7, 11) is 1.60. The molecule has 0 N–H and O–H groups in total. The lowest BCUT2D eigenvalue weighted by Crippen LogP contribution is -2.62. The molecule has 6 aromatic rings. The van der Waals surface area contributed by atoms with Crippen LogP contribution in [0.1, 0.15) is 33.4 Å². The average Bonchev–Trinajstić information content (AvgIpc) is 3.36. The largest absolute Gasteiger partial charge is 0.464 e. The van der Waals surface area contributed by atoms with E-state index in [0.717, 1.165) is 33.4 Å². The Kier molecular flexibility index (Phi) is 17.1. The van der Waals surface area contributed by atoms with Gasteiger partial charge in [-0.3, -0.25) is 0 Å². The fraction of sp³-hybridized carbons (Fsp3) is 0.309. The summed E-state index contributed by atoms with van der Waals surface area (Å²) in [5.74, 6) is 0.359. The molecule has 2 aliphatic heterocycles. The number of benzene rings is 6. The standard InChI is InChI=1S/C55H58O10/c1-40-48(57-33-41-21-9-3-10-22-41)50(59-35-43-25-13-5-14-26-43)53(62-38-46-31-19-8-20-32-46)55(64-40)63-39-47-49(58-34-42-23-11-4-12-24-42)51(60-36-44-27-15-6-16-28-44)52(54(56-2)65-47)61-37-45-29-17-7-18-30-45/h3-32,47-55H,1,33-39H2,2H3/t47-,48-,49-,50+,51+,52-,53-,54-,55+/m1/s1. The Bertz CT molecular complexity index is 2250. The van der Waals surface area contributed by atoms with Crippen molar-refractivity contribution in [3.8, 4) is 0 Å². The van der Waals surface area contributed by atoms with E-state index in [9.17, 15) is 0 Å². The zero-order valence-electron chi connectivity index (χ0n) is 36.8. The molecule has 9 atom stereocenters. The molecule has 0 aromatic heterocycles. The molecule has 2 aliphatic rings. The van der Waals surface area contributed by atoms with Crippen LogP contribution in [0.3, 0.4) is 0 Å². The smallest absolute Gasteiger partial charge is 0.228 e. The van der Waals surface area contributed by atoms with Gasteiger partial charge in [0.05, 0.1) is 46.2 Å². The van der Waals surface area contributed by atoms with E-state index < -0.39 is 55.3 Å². The molecule has 10 heteroatoms. The second-order valence-corrected chi connectivity index (χ2v) is 16.1. The number of methoxy groups -OCH3 is 1. The van der Waals surface area contributed by atoms with E-state index in [4.69, 9.17) is 47.4 Å². The van der Waals surface area contributed by atoms with Crippen molar-refractivity contribution in [2.45, 2.75) is 94.9 Å². The van der Waals surface area contributed by atoms with Gasteiger partial charge in [-0.2, -0.15) is 0 Å². The van der Waals surface area contributed by atoms with Crippen LogP contribution in [-0.2, 0) is 87.0 Å². The number of hydrogen-bond donors (Lipinski definition) is 0. The second kappa shape index (κ2) is 24.1. The Morgan fingerprint density at radius 3 is 1.08 bits per heavy atom. The van der Waals surface area contributed by atoms with Crippen LogP contribution >= 0.6 is 0 Å². The Morgan fingerprint density at radius 1 is 0.369 bits per heavy atom. The molecule has 2 heterocycles. The highest BCUT2D eigenvalue weighted by molar-refractivity contribution is 5.19. The van der Waals surface area contributed by atoms with Crippen LogP contribution in [0, 0.1) is 0 Å². The minimum atomic E-state index is -0.987. The van der Waals surface area contributed by atoms with Gasteiger partial charge < -0.3 is 47.4 Å². The summed E-state index contributed by atoms with van der Waals surface area (Å²) in [4.78, 5) is 0. The van der Waals surface area contributed by atoms with Crippen LogP contribution in [0.2, 0.25) is 0 Å². The van der Waals surface area contributed by atoms with Gasteiger partial charge in [-0.1, -0.05) is 189 Å². The van der Waals surface area contributed by atoms with Crippen molar-refractivity contribution in [1.29, 1.82) is 0 Å². The first-order valence-electron chi connectivity index (χ1n) is 22.2. The van der Waals surface area contributed by atoms with Gasteiger partial charge in [0, 0.05) is 7.11 Å². The van der Waals surface area contributed by atoms with E-state index in [-0.39, 0.29) is 19.8 Å². The fourth-order valence-corrected chi connectivity index (χ4v) is 8.02. The van der Waals surface area contributed by atoms with Crippen LogP contribution in [0.15, 0.2) is 194 Å². The summed E-state index contributed by atoms with van der Waals surface area (Å²) in [5.41, 5.74) is 5.97. The highest BCUT2D eigenvalue weighted by Gasteiger charge is 2.51. The van der Waals surface area contributed by atoms with E-state index in [0.29, 0.717) is 32.2 Å². The van der Waals surface area contributed by atoms with Crippen molar-refractivity contribution in [2.24, 2.45) is 0 Å². The molecule has 10 nitrogen and oxygen atoms in total. The van der Waals surface area contributed by atoms with Crippen molar-refractivity contribution in [2.75, 3.05) is 13.7 Å². The predicted octanol–water partition coefficient (Wildman–Crippen LogP) is 9.76. The van der Waals surface area contributed by atoms with E-state index in [1.54, 1.807) is 7.11 Å². The molecule has 0 amide bonds. The Balaban J connectivity index is 1.09. The molecule has 0 aliphatic carbocycles. The van der Waals surface area contributed by atoms with Gasteiger partial charge in [0.1, 0.15) is 48.5 Å². The first kappa shape index (κ1) is 46.0.